The first-order valence-corrected chi connectivity index (χ1v) is 6.88. The first kappa shape index (κ1) is 14.8. The predicted molar refractivity (Wildman–Crippen MR) is 75.5 cm³/mol. The van der Waals surface area contributed by atoms with Gasteiger partial charge >= 0.3 is 5.97 Å². The van der Waals surface area contributed by atoms with E-state index in [0.29, 0.717) is 12.3 Å². The lowest BCUT2D eigenvalue weighted by Crippen LogP contribution is -2.31. The van der Waals surface area contributed by atoms with E-state index in [9.17, 15) is 4.79 Å². The number of nitrogens with zero attached hydrogens (tertiary/aromatic N) is 2. The number of esters is 1. The summed E-state index contributed by atoms with van der Waals surface area (Å²) in [6, 6.07) is 0.0305. The zero-order valence-electron chi connectivity index (χ0n) is 12.8. The van der Waals surface area contributed by atoms with Gasteiger partial charge in [-0.05, 0) is 34.6 Å². The predicted octanol–water partition coefficient (Wildman–Crippen LogP) is 2.16. The van der Waals surface area contributed by atoms with Crippen LogP contribution in [0, 0.1) is 0 Å². The molecule has 1 saturated heterocycles. The van der Waals surface area contributed by atoms with Crippen molar-refractivity contribution in [2.75, 3.05) is 12.3 Å². The quantitative estimate of drug-likeness (QED) is 0.859. The Hall–Kier alpha value is -1.56. The summed E-state index contributed by atoms with van der Waals surface area (Å²) in [7, 11) is 0. The number of rotatable bonds is 3. The third-order valence-corrected chi connectivity index (χ3v) is 3.58. The maximum atomic E-state index is 11.8. The molecule has 0 spiro atoms. The van der Waals surface area contributed by atoms with Crippen LogP contribution in [-0.4, -0.2) is 33.6 Å². The highest BCUT2D eigenvalue weighted by Crippen LogP contribution is 2.44. The van der Waals surface area contributed by atoms with Gasteiger partial charge in [-0.15, -0.1) is 0 Å². The summed E-state index contributed by atoms with van der Waals surface area (Å²) in [5.74, 6) is -0.486. The number of ether oxygens (including phenoxy) is 2. The fraction of sp³-hybridized carbons (Fsp3) is 0.714. The Kier molecular flexibility index (Phi) is 3.54. The maximum Gasteiger partial charge on any atom is 0.361 e. The van der Waals surface area contributed by atoms with Crippen molar-refractivity contribution in [3.8, 4) is 0 Å². The Morgan fingerprint density at radius 1 is 1.55 bits per heavy atom. The number of carbonyl (C=O) groups excluding carboxylic acids is 1. The molecule has 2 N–H and O–H groups in total. The van der Waals surface area contributed by atoms with Crippen LogP contribution in [0.5, 0.6) is 0 Å². The molecule has 1 fully saturated rings. The van der Waals surface area contributed by atoms with Crippen molar-refractivity contribution in [3.05, 3.63) is 11.9 Å². The van der Waals surface area contributed by atoms with E-state index in [0.717, 1.165) is 6.42 Å². The molecule has 1 unspecified atom stereocenters. The van der Waals surface area contributed by atoms with Crippen molar-refractivity contribution in [2.45, 2.75) is 58.3 Å². The van der Waals surface area contributed by atoms with Gasteiger partial charge in [0.25, 0.3) is 0 Å². The summed E-state index contributed by atoms with van der Waals surface area (Å²) < 4.78 is 12.7. The van der Waals surface area contributed by atoms with Gasteiger partial charge in [0.1, 0.15) is 0 Å². The second kappa shape index (κ2) is 4.77. The topological polar surface area (TPSA) is 79.4 Å². The fourth-order valence-corrected chi connectivity index (χ4v) is 2.87. The number of hydrogen-bond donors (Lipinski definition) is 1. The second-order valence-corrected chi connectivity index (χ2v) is 6.32. The first-order chi connectivity index (χ1) is 9.16. The van der Waals surface area contributed by atoms with Gasteiger partial charge in [-0.3, -0.25) is 4.68 Å². The smallest absolute Gasteiger partial charge is 0.361 e. The summed E-state index contributed by atoms with van der Waals surface area (Å²) in [4.78, 5) is 11.8. The van der Waals surface area contributed by atoms with Crippen LogP contribution in [0.15, 0.2) is 6.20 Å². The van der Waals surface area contributed by atoms with Crippen molar-refractivity contribution in [1.82, 2.24) is 9.78 Å². The Morgan fingerprint density at radius 2 is 2.20 bits per heavy atom. The maximum absolute atomic E-state index is 11.8. The van der Waals surface area contributed by atoms with Gasteiger partial charge in [0.2, 0.25) is 0 Å². The van der Waals surface area contributed by atoms with Gasteiger partial charge in [0.05, 0.1) is 29.5 Å². The molecule has 0 aliphatic carbocycles. The van der Waals surface area contributed by atoms with E-state index in [4.69, 9.17) is 15.2 Å². The molecule has 1 aromatic heterocycles. The molecular weight excluding hydrogens is 258 g/mol. The SMILES string of the molecule is CCOC(=O)c1nn(C2CC(C)(C)OC2(C)C)cc1N. The Bertz CT molecular complexity index is 520. The Balaban J connectivity index is 2.31. The minimum atomic E-state index is -0.486. The molecule has 2 heterocycles. The van der Waals surface area contributed by atoms with Crippen LogP contribution >= 0.6 is 0 Å². The molecule has 6 nitrogen and oxygen atoms in total. The van der Waals surface area contributed by atoms with E-state index in [1.165, 1.54) is 0 Å². The highest BCUT2D eigenvalue weighted by molar-refractivity contribution is 5.92. The van der Waals surface area contributed by atoms with E-state index >= 15 is 0 Å². The largest absolute Gasteiger partial charge is 0.461 e. The summed E-state index contributed by atoms with van der Waals surface area (Å²) in [6.45, 7) is 10.2. The molecule has 1 aromatic rings. The molecule has 1 aliphatic heterocycles. The van der Waals surface area contributed by atoms with Crippen LogP contribution in [0.3, 0.4) is 0 Å². The van der Waals surface area contributed by atoms with Crippen LogP contribution in [0.4, 0.5) is 5.69 Å². The third kappa shape index (κ3) is 2.65. The Morgan fingerprint density at radius 3 is 2.70 bits per heavy atom. The van der Waals surface area contributed by atoms with Gasteiger partial charge in [0, 0.05) is 12.6 Å². The highest BCUT2D eigenvalue weighted by Gasteiger charge is 2.47. The van der Waals surface area contributed by atoms with Crippen LogP contribution in [-0.2, 0) is 9.47 Å². The van der Waals surface area contributed by atoms with Crippen LogP contribution in [0.25, 0.3) is 0 Å². The summed E-state index contributed by atoms with van der Waals surface area (Å²) in [5, 5.41) is 4.31. The molecule has 0 bridgehead atoms. The third-order valence-electron chi connectivity index (χ3n) is 3.58. The molecule has 20 heavy (non-hydrogen) atoms. The molecule has 1 aliphatic rings. The zero-order chi connectivity index (χ0) is 15.1. The summed E-state index contributed by atoms with van der Waals surface area (Å²) in [5.41, 5.74) is 5.79. The number of anilines is 1. The highest BCUT2D eigenvalue weighted by atomic mass is 16.5. The van der Waals surface area contributed by atoms with Crippen LogP contribution < -0.4 is 5.73 Å². The lowest BCUT2D eigenvalue weighted by molar-refractivity contribution is -0.0737. The van der Waals surface area contributed by atoms with Gasteiger partial charge < -0.3 is 15.2 Å². The number of nitrogens with two attached hydrogens (primary N) is 1. The molecule has 112 valence electrons. The van der Waals surface area contributed by atoms with E-state index in [1.54, 1.807) is 17.8 Å². The summed E-state index contributed by atoms with van der Waals surface area (Å²) >= 11 is 0. The minimum absolute atomic E-state index is 0.0305. The molecule has 0 aromatic carbocycles. The number of hydrogen-bond acceptors (Lipinski definition) is 5. The second-order valence-electron chi connectivity index (χ2n) is 6.32. The molecule has 1 atom stereocenters. The van der Waals surface area contributed by atoms with Crippen LogP contribution in [0.1, 0.15) is 57.6 Å². The lowest BCUT2D eigenvalue weighted by Gasteiger charge is -2.27. The monoisotopic (exact) mass is 281 g/mol. The van der Waals surface area contributed by atoms with Crippen molar-refractivity contribution < 1.29 is 14.3 Å². The molecule has 0 saturated carbocycles. The van der Waals surface area contributed by atoms with Crippen molar-refractivity contribution in [2.24, 2.45) is 0 Å². The van der Waals surface area contributed by atoms with E-state index in [1.807, 2.05) is 27.7 Å². The number of aromatic nitrogens is 2. The number of carbonyl (C=O) groups is 1. The summed E-state index contributed by atoms with van der Waals surface area (Å²) in [6.07, 6.45) is 2.49. The number of nitrogen functional groups attached to an aromatic ring is 1. The van der Waals surface area contributed by atoms with Crippen molar-refractivity contribution in [3.63, 3.8) is 0 Å². The van der Waals surface area contributed by atoms with E-state index < -0.39 is 5.97 Å². The van der Waals surface area contributed by atoms with Crippen molar-refractivity contribution in [1.29, 1.82) is 0 Å². The average molecular weight is 281 g/mol. The normalized spacial score (nSPS) is 23.8. The van der Waals surface area contributed by atoms with Crippen molar-refractivity contribution >= 4 is 11.7 Å². The standard InChI is InChI=1S/C14H23N3O3/c1-6-19-12(18)11-9(15)8-17(16-11)10-7-13(2,3)20-14(10,4)5/h8,10H,6-7,15H2,1-5H3. The fourth-order valence-electron chi connectivity index (χ4n) is 2.87. The van der Waals surface area contributed by atoms with Gasteiger partial charge in [-0.1, -0.05) is 0 Å². The first-order valence-electron chi connectivity index (χ1n) is 6.88. The van der Waals surface area contributed by atoms with Gasteiger partial charge in [-0.25, -0.2) is 4.79 Å². The average Bonchev–Trinajstić information content (AvgIpc) is 2.76. The minimum Gasteiger partial charge on any atom is -0.461 e. The van der Waals surface area contributed by atoms with Crippen LogP contribution in [0.2, 0.25) is 0 Å². The molecule has 6 heteroatoms. The van der Waals surface area contributed by atoms with E-state index in [-0.39, 0.29) is 22.9 Å². The molecule has 0 radical (unpaired) electrons. The lowest BCUT2D eigenvalue weighted by atomic mass is 9.95. The van der Waals surface area contributed by atoms with Gasteiger partial charge in [-0.2, -0.15) is 5.10 Å². The van der Waals surface area contributed by atoms with E-state index in [2.05, 4.69) is 5.10 Å². The molecule has 0 amide bonds. The Labute approximate surface area is 119 Å². The van der Waals surface area contributed by atoms with Gasteiger partial charge in [0.15, 0.2) is 5.69 Å². The molecule has 2 rings (SSSR count). The molecular formula is C14H23N3O3. The zero-order valence-corrected chi connectivity index (χ0v) is 12.8.